The second kappa shape index (κ2) is 7.14. The maximum atomic E-state index is 12.8. The quantitative estimate of drug-likeness (QED) is 0.411. The molecule has 0 amide bonds. The summed E-state index contributed by atoms with van der Waals surface area (Å²) < 4.78 is 0. The summed E-state index contributed by atoms with van der Waals surface area (Å²) in [6, 6.07) is 0. The van der Waals surface area contributed by atoms with Crippen molar-refractivity contribution in [3.05, 3.63) is 12.2 Å². The van der Waals surface area contributed by atoms with Gasteiger partial charge < -0.3 is 10.2 Å². The Morgan fingerprint density at radius 2 is 1.47 bits per heavy atom. The number of fused-ring (bicyclic) bond motifs is 7. The van der Waals surface area contributed by atoms with Gasteiger partial charge in [-0.3, -0.25) is 4.79 Å². The number of aliphatic carboxylic acids is 1. The van der Waals surface area contributed by atoms with Crippen molar-refractivity contribution in [2.75, 3.05) is 0 Å². The first-order valence-corrected chi connectivity index (χ1v) is 14.2. The fourth-order valence-electron chi connectivity index (χ4n) is 11.6. The highest BCUT2D eigenvalue weighted by Gasteiger charge is 2.72. The molecule has 34 heavy (non-hydrogen) atoms. The van der Waals surface area contributed by atoms with Crippen LogP contribution in [0.15, 0.2) is 12.2 Å². The van der Waals surface area contributed by atoms with Crippen LogP contribution in [-0.4, -0.2) is 21.8 Å². The summed E-state index contributed by atoms with van der Waals surface area (Å²) in [6.45, 7) is 20.9. The normalized spacial score (nSPS) is 55.9. The van der Waals surface area contributed by atoms with Crippen LogP contribution in [0, 0.1) is 56.7 Å². The molecule has 5 aliphatic carbocycles. The van der Waals surface area contributed by atoms with Crippen molar-refractivity contribution >= 4 is 5.97 Å². The molecular formula is C31H50O3. The molecule has 192 valence electrons. The smallest absolute Gasteiger partial charge is 0.309 e. The van der Waals surface area contributed by atoms with E-state index in [1.54, 1.807) is 0 Å². The topological polar surface area (TPSA) is 57.5 Å². The van der Waals surface area contributed by atoms with Gasteiger partial charge in [-0.15, -0.1) is 0 Å². The molecule has 5 aliphatic rings. The molecule has 0 aromatic rings. The van der Waals surface area contributed by atoms with Crippen LogP contribution in [0.3, 0.4) is 0 Å². The fourth-order valence-corrected chi connectivity index (χ4v) is 11.6. The van der Waals surface area contributed by atoms with Crippen molar-refractivity contribution in [3.8, 4) is 0 Å². The van der Waals surface area contributed by atoms with Gasteiger partial charge in [-0.2, -0.15) is 0 Å². The van der Waals surface area contributed by atoms with Crippen molar-refractivity contribution in [2.45, 2.75) is 118 Å². The summed E-state index contributed by atoms with van der Waals surface area (Å²) in [5.74, 6) is 1.73. The minimum Gasteiger partial charge on any atom is -0.481 e. The molecule has 0 aromatic heterocycles. The number of carbonyl (C=O) groups is 1. The summed E-state index contributed by atoms with van der Waals surface area (Å²) in [5.41, 5.74) is 0.637. The molecule has 5 fully saturated rings. The maximum Gasteiger partial charge on any atom is 0.309 e. The molecule has 5 rings (SSSR count). The van der Waals surface area contributed by atoms with E-state index >= 15 is 0 Å². The summed E-state index contributed by atoms with van der Waals surface area (Å²) in [6.07, 6.45) is 10.5. The first-order chi connectivity index (χ1) is 15.6. The predicted molar refractivity (Wildman–Crippen MR) is 137 cm³/mol. The van der Waals surface area contributed by atoms with E-state index in [2.05, 4.69) is 55.0 Å². The molecule has 5 unspecified atom stereocenters. The van der Waals surface area contributed by atoms with Gasteiger partial charge in [0.1, 0.15) is 0 Å². The Morgan fingerprint density at radius 3 is 2.09 bits per heavy atom. The van der Waals surface area contributed by atoms with Crippen LogP contribution in [0.2, 0.25) is 0 Å². The first kappa shape index (κ1) is 24.8. The zero-order valence-electron chi connectivity index (χ0n) is 23.0. The molecule has 0 saturated heterocycles. The molecular weight excluding hydrogens is 420 g/mol. The van der Waals surface area contributed by atoms with Gasteiger partial charge >= 0.3 is 5.97 Å². The Bertz CT molecular complexity index is 902. The third-order valence-corrected chi connectivity index (χ3v) is 14.2. The Morgan fingerprint density at radius 1 is 0.794 bits per heavy atom. The van der Waals surface area contributed by atoms with E-state index in [0.717, 1.165) is 38.5 Å². The number of aliphatic hydroxyl groups is 1. The van der Waals surface area contributed by atoms with Crippen molar-refractivity contribution in [3.63, 3.8) is 0 Å². The summed E-state index contributed by atoms with van der Waals surface area (Å²) in [4.78, 5) is 12.8. The van der Waals surface area contributed by atoms with Gasteiger partial charge in [0.2, 0.25) is 0 Å². The van der Waals surface area contributed by atoms with Crippen LogP contribution in [0.5, 0.6) is 0 Å². The number of carboxylic acids is 1. The van der Waals surface area contributed by atoms with Crippen LogP contribution < -0.4 is 0 Å². The number of carboxylic acid groups (broad SMARTS) is 1. The number of rotatable bonds is 2. The van der Waals surface area contributed by atoms with Crippen LogP contribution in [-0.2, 0) is 4.79 Å². The SMILES string of the molecule is C=C(C)C1CC[C@]2(C(=O)O)CC[C@]3(C)C(CCC4[C@@]5(C)CC[C@](C)(O)C(C)(C)C5CC[C@]43C)C12. The van der Waals surface area contributed by atoms with Crippen molar-refractivity contribution in [1.29, 1.82) is 0 Å². The summed E-state index contributed by atoms with van der Waals surface area (Å²) >= 11 is 0. The average Bonchev–Trinajstić information content (AvgIpc) is 3.13. The van der Waals surface area contributed by atoms with Gasteiger partial charge in [-0.05, 0) is 129 Å². The maximum absolute atomic E-state index is 12.8. The molecule has 0 aromatic carbocycles. The van der Waals surface area contributed by atoms with E-state index < -0.39 is 17.0 Å². The molecule has 0 heterocycles. The number of hydrogen-bond acceptors (Lipinski definition) is 2. The Labute approximate surface area is 208 Å². The minimum absolute atomic E-state index is 0.0827. The van der Waals surface area contributed by atoms with Crippen LogP contribution in [0.4, 0.5) is 0 Å². The number of hydrogen-bond donors (Lipinski definition) is 2. The molecule has 3 nitrogen and oxygen atoms in total. The highest BCUT2D eigenvalue weighted by molar-refractivity contribution is 5.76. The molecule has 10 atom stereocenters. The molecule has 3 heteroatoms. The van der Waals surface area contributed by atoms with E-state index in [0.29, 0.717) is 23.7 Å². The second-order valence-corrected chi connectivity index (χ2v) is 15.1. The summed E-state index contributed by atoms with van der Waals surface area (Å²) in [7, 11) is 0. The molecule has 5 saturated carbocycles. The van der Waals surface area contributed by atoms with Gasteiger partial charge in [0.15, 0.2) is 0 Å². The van der Waals surface area contributed by atoms with Crippen LogP contribution in [0.25, 0.3) is 0 Å². The lowest BCUT2D eigenvalue weighted by atomic mass is 9.31. The Kier molecular flexibility index (Phi) is 5.22. The van der Waals surface area contributed by atoms with Crippen molar-refractivity contribution in [1.82, 2.24) is 0 Å². The van der Waals surface area contributed by atoms with Gasteiger partial charge in [0.05, 0.1) is 11.0 Å². The van der Waals surface area contributed by atoms with Gasteiger partial charge in [-0.25, -0.2) is 0 Å². The highest BCUT2D eigenvalue weighted by atomic mass is 16.4. The summed E-state index contributed by atoms with van der Waals surface area (Å²) in [5, 5.41) is 21.9. The van der Waals surface area contributed by atoms with Gasteiger partial charge in [-0.1, -0.05) is 46.8 Å². The predicted octanol–water partition coefficient (Wildman–Crippen LogP) is 7.48. The Hall–Kier alpha value is -0.830. The van der Waals surface area contributed by atoms with Crippen LogP contribution in [0.1, 0.15) is 113 Å². The lowest BCUT2D eigenvalue weighted by Crippen LogP contribution is -2.68. The Balaban J connectivity index is 1.57. The van der Waals surface area contributed by atoms with E-state index in [9.17, 15) is 15.0 Å². The third kappa shape index (κ3) is 2.72. The van der Waals surface area contributed by atoms with Crippen molar-refractivity contribution < 1.29 is 15.0 Å². The molecule has 0 radical (unpaired) electrons. The lowest BCUT2D eigenvalue weighted by Gasteiger charge is -2.73. The number of allylic oxidation sites excluding steroid dienone is 1. The average molecular weight is 471 g/mol. The highest BCUT2D eigenvalue weighted by Crippen LogP contribution is 2.78. The van der Waals surface area contributed by atoms with E-state index in [4.69, 9.17) is 0 Å². The molecule has 0 bridgehead atoms. The lowest BCUT2D eigenvalue weighted by molar-refractivity contribution is -0.261. The standard InChI is InChI=1S/C31H50O3/c1-19(2)20-11-14-31(25(32)33)18-16-28(6)21(24(20)31)9-10-23-27(5)15-17-30(8,34)26(3,4)22(27)12-13-29(23,28)7/h20-24,34H,1,9-18H2,2-8H3,(H,32,33)/t20?,21?,22?,23?,24?,27-,28+,29+,30-,31-/m0/s1. The third-order valence-electron chi connectivity index (χ3n) is 14.2. The zero-order chi connectivity index (χ0) is 25.1. The van der Waals surface area contributed by atoms with E-state index in [1.807, 2.05) is 0 Å². The van der Waals surface area contributed by atoms with E-state index in [1.165, 1.54) is 31.3 Å². The first-order valence-electron chi connectivity index (χ1n) is 14.2. The second-order valence-electron chi connectivity index (χ2n) is 15.1. The largest absolute Gasteiger partial charge is 0.481 e. The molecule has 0 spiro atoms. The monoisotopic (exact) mass is 470 g/mol. The zero-order valence-corrected chi connectivity index (χ0v) is 23.0. The molecule has 2 N–H and O–H groups in total. The van der Waals surface area contributed by atoms with Crippen molar-refractivity contribution in [2.24, 2.45) is 56.7 Å². The fraction of sp³-hybridized carbons (Fsp3) is 0.903. The van der Waals surface area contributed by atoms with Crippen LogP contribution >= 0.6 is 0 Å². The van der Waals surface area contributed by atoms with E-state index in [-0.39, 0.29) is 27.6 Å². The van der Waals surface area contributed by atoms with Gasteiger partial charge in [0, 0.05) is 0 Å². The van der Waals surface area contributed by atoms with Gasteiger partial charge in [0.25, 0.3) is 0 Å². The molecule has 0 aliphatic heterocycles. The minimum atomic E-state index is -0.601.